The van der Waals surface area contributed by atoms with Crippen molar-refractivity contribution >= 4 is 11.6 Å². The van der Waals surface area contributed by atoms with Crippen LogP contribution in [0.15, 0.2) is 54.6 Å². The first kappa shape index (κ1) is 18.0. The molecule has 4 nitrogen and oxygen atoms in total. The van der Waals surface area contributed by atoms with Crippen LogP contribution in [-0.2, 0) is 4.79 Å². The molecule has 0 radical (unpaired) electrons. The van der Waals surface area contributed by atoms with E-state index < -0.39 is 6.04 Å². The van der Waals surface area contributed by atoms with Gasteiger partial charge in [-0.05, 0) is 38.0 Å². The number of amides is 1. The lowest BCUT2D eigenvalue weighted by Crippen LogP contribution is -2.36. The molecule has 0 heterocycles. The molecule has 1 unspecified atom stereocenters. The van der Waals surface area contributed by atoms with Crippen LogP contribution in [0, 0.1) is 6.92 Å². The van der Waals surface area contributed by atoms with Crippen molar-refractivity contribution in [3.05, 3.63) is 65.7 Å². The van der Waals surface area contributed by atoms with Crippen molar-refractivity contribution in [2.24, 2.45) is 5.73 Å². The number of carbonyl (C=O) groups excluding carboxylic acids is 1. The summed E-state index contributed by atoms with van der Waals surface area (Å²) in [4.78, 5) is 14.5. The van der Waals surface area contributed by atoms with E-state index in [0.717, 1.165) is 30.6 Å². The maximum absolute atomic E-state index is 12.2. The van der Waals surface area contributed by atoms with E-state index in [-0.39, 0.29) is 5.91 Å². The highest BCUT2D eigenvalue weighted by Crippen LogP contribution is 2.13. The van der Waals surface area contributed by atoms with Gasteiger partial charge in [-0.2, -0.15) is 0 Å². The number of nitrogens with one attached hydrogen (secondary N) is 1. The molecule has 1 amide bonds. The summed E-state index contributed by atoms with van der Waals surface area (Å²) in [5, 5.41) is 2.94. The fourth-order valence-corrected chi connectivity index (χ4v) is 2.63. The SMILES string of the molecule is CCN(CCCNC(=O)C(N)c1ccc(C)cc1)c1ccccc1. The standard InChI is InChI=1S/C20H27N3O/c1-3-23(18-8-5-4-6-9-18)15-7-14-22-20(24)19(21)17-12-10-16(2)11-13-17/h4-6,8-13,19H,3,7,14-15,21H2,1-2H3,(H,22,24). The molecule has 1 atom stereocenters. The molecular weight excluding hydrogens is 298 g/mol. The Labute approximate surface area is 144 Å². The first-order chi connectivity index (χ1) is 11.6. The van der Waals surface area contributed by atoms with Crippen LogP contribution >= 0.6 is 0 Å². The predicted molar refractivity (Wildman–Crippen MR) is 100 cm³/mol. The second-order valence-corrected chi connectivity index (χ2v) is 5.95. The predicted octanol–water partition coefficient (Wildman–Crippen LogP) is 3.03. The van der Waals surface area contributed by atoms with Crippen LogP contribution in [0.4, 0.5) is 5.69 Å². The van der Waals surface area contributed by atoms with Crippen LogP contribution in [0.5, 0.6) is 0 Å². The molecule has 128 valence electrons. The number of anilines is 1. The van der Waals surface area contributed by atoms with Crippen LogP contribution in [-0.4, -0.2) is 25.5 Å². The topological polar surface area (TPSA) is 58.4 Å². The molecule has 2 aromatic rings. The molecule has 3 N–H and O–H groups in total. The van der Waals surface area contributed by atoms with E-state index in [0.29, 0.717) is 6.54 Å². The van der Waals surface area contributed by atoms with E-state index in [2.05, 4.69) is 29.3 Å². The molecule has 0 aliphatic carbocycles. The van der Waals surface area contributed by atoms with E-state index in [1.165, 1.54) is 5.69 Å². The summed E-state index contributed by atoms with van der Waals surface area (Å²) >= 11 is 0. The molecule has 0 aliphatic rings. The zero-order valence-corrected chi connectivity index (χ0v) is 14.5. The van der Waals surface area contributed by atoms with Crippen molar-refractivity contribution in [3.63, 3.8) is 0 Å². The van der Waals surface area contributed by atoms with Crippen LogP contribution in [0.2, 0.25) is 0 Å². The summed E-state index contributed by atoms with van der Waals surface area (Å²) in [5.41, 5.74) is 9.24. The lowest BCUT2D eigenvalue weighted by atomic mass is 10.1. The Morgan fingerprint density at radius 2 is 1.79 bits per heavy atom. The second-order valence-electron chi connectivity index (χ2n) is 5.95. The van der Waals surface area contributed by atoms with Crippen molar-refractivity contribution in [1.29, 1.82) is 0 Å². The number of nitrogens with two attached hydrogens (primary N) is 1. The third-order valence-electron chi connectivity index (χ3n) is 4.13. The Morgan fingerprint density at radius 1 is 1.12 bits per heavy atom. The van der Waals surface area contributed by atoms with Gasteiger partial charge in [0.1, 0.15) is 6.04 Å². The molecule has 4 heteroatoms. The molecule has 0 aromatic heterocycles. The fourth-order valence-electron chi connectivity index (χ4n) is 2.63. The first-order valence-corrected chi connectivity index (χ1v) is 8.51. The molecule has 0 saturated heterocycles. The molecule has 0 aliphatic heterocycles. The molecule has 0 fully saturated rings. The van der Waals surface area contributed by atoms with Gasteiger partial charge in [0, 0.05) is 25.3 Å². The minimum Gasteiger partial charge on any atom is -0.372 e. The third kappa shape index (κ3) is 5.10. The van der Waals surface area contributed by atoms with Gasteiger partial charge in [0.15, 0.2) is 0 Å². The molecule has 0 bridgehead atoms. The number of benzene rings is 2. The highest BCUT2D eigenvalue weighted by atomic mass is 16.2. The monoisotopic (exact) mass is 325 g/mol. The fraction of sp³-hybridized carbons (Fsp3) is 0.350. The van der Waals surface area contributed by atoms with Crippen molar-refractivity contribution in [2.75, 3.05) is 24.5 Å². The van der Waals surface area contributed by atoms with Crippen LogP contribution in [0.25, 0.3) is 0 Å². The Hall–Kier alpha value is -2.33. The van der Waals surface area contributed by atoms with Crippen molar-refractivity contribution in [1.82, 2.24) is 5.32 Å². The minimum atomic E-state index is -0.609. The lowest BCUT2D eigenvalue weighted by molar-refractivity contribution is -0.122. The highest BCUT2D eigenvalue weighted by molar-refractivity contribution is 5.82. The Balaban J connectivity index is 1.77. The van der Waals surface area contributed by atoms with Gasteiger partial charge in [0.05, 0.1) is 0 Å². The normalized spacial score (nSPS) is 11.8. The second kappa shape index (κ2) is 9.08. The zero-order chi connectivity index (χ0) is 17.4. The van der Waals surface area contributed by atoms with Crippen molar-refractivity contribution in [2.45, 2.75) is 26.3 Å². The summed E-state index contributed by atoms with van der Waals surface area (Å²) in [7, 11) is 0. The number of aryl methyl sites for hydroxylation is 1. The molecule has 2 aromatic carbocycles. The molecular formula is C20H27N3O. The quantitative estimate of drug-likeness (QED) is 0.734. The van der Waals surface area contributed by atoms with Gasteiger partial charge in [0.25, 0.3) is 0 Å². The molecule has 2 rings (SSSR count). The Kier molecular flexibility index (Phi) is 6.82. The number of para-hydroxylation sites is 1. The zero-order valence-electron chi connectivity index (χ0n) is 14.5. The van der Waals surface area contributed by atoms with Crippen molar-refractivity contribution < 1.29 is 4.79 Å². The van der Waals surface area contributed by atoms with E-state index in [1.807, 2.05) is 49.4 Å². The Morgan fingerprint density at radius 3 is 2.42 bits per heavy atom. The summed E-state index contributed by atoms with van der Waals surface area (Å²) in [6.45, 7) is 6.63. The van der Waals surface area contributed by atoms with E-state index >= 15 is 0 Å². The van der Waals surface area contributed by atoms with E-state index in [1.54, 1.807) is 0 Å². The summed E-state index contributed by atoms with van der Waals surface area (Å²) in [6.07, 6.45) is 0.884. The van der Waals surface area contributed by atoms with E-state index in [9.17, 15) is 4.79 Å². The average Bonchev–Trinajstić information content (AvgIpc) is 2.62. The van der Waals surface area contributed by atoms with Gasteiger partial charge >= 0.3 is 0 Å². The summed E-state index contributed by atoms with van der Waals surface area (Å²) in [6, 6.07) is 17.5. The van der Waals surface area contributed by atoms with Crippen LogP contribution < -0.4 is 16.0 Å². The minimum absolute atomic E-state index is 0.124. The third-order valence-corrected chi connectivity index (χ3v) is 4.13. The largest absolute Gasteiger partial charge is 0.372 e. The summed E-state index contributed by atoms with van der Waals surface area (Å²) in [5.74, 6) is -0.124. The van der Waals surface area contributed by atoms with Gasteiger partial charge in [-0.3, -0.25) is 4.79 Å². The molecule has 0 saturated carbocycles. The summed E-state index contributed by atoms with van der Waals surface area (Å²) < 4.78 is 0. The van der Waals surface area contributed by atoms with Crippen LogP contribution in [0.1, 0.15) is 30.5 Å². The number of carbonyl (C=O) groups is 1. The average molecular weight is 325 g/mol. The highest BCUT2D eigenvalue weighted by Gasteiger charge is 2.14. The number of nitrogens with zero attached hydrogens (tertiary/aromatic N) is 1. The lowest BCUT2D eigenvalue weighted by Gasteiger charge is -2.23. The maximum atomic E-state index is 12.2. The molecule has 24 heavy (non-hydrogen) atoms. The van der Waals surface area contributed by atoms with Gasteiger partial charge in [-0.25, -0.2) is 0 Å². The van der Waals surface area contributed by atoms with Gasteiger partial charge in [-0.15, -0.1) is 0 Å². The van der Waals surface area contributed by atoms with Crippen molar-refractivity contribution in [3.8, 4) is 0 Å². The number of hydrogen-bond donors (Lipinski definition) is 2. The van der Waals surface area contributed by atoms with Gasteiger partial charge < -0.3 is 16.0 Å². The maximum Gasteiger partial charge on any atom is 0.241 e. The first-order valence-electron chi connectivity index (χ1n) is 8.51. The smallest absolute Gasteiger partial charge is 0.241 e. The number of rotatable bonds is 8. The van der Waals surface area contributed by atoms with Gasteiger partial charge in [-0.1, -0.05) is 48.0 Å². The molecule has 0 spiro atoms. The van der Waals surface area contributed by atoms with Gasteiger partial charge in [0.2, 0.25) is 5.91 Å². The number of hydrogen-bond acceptors (Lipinski definition) is 3. The Bertz CT molecular complexity index is 625. The van der Waals surface area contributed by atoms with Crippen LogP contribution in [0.3, 0.4) is 0 Å². The van der Waals surface area contributed by atoms with E-state index in [4.69, 9.17) is 5.73 Å².